The van der Waals surface area contributed by atoms with Crippen molar-refractivity contribution in [1.82, 2.24) is 0 Å². The van der Waals surface area contributed by atoms with Crippen LogP contribution in [-0.4, -0.2) is 19.3 Å². The lowest BCUT2D eigenvalue weighted by Gasteiger charge is -2.30. The molecule has 0 aromatic heterocycles. The molecule has 0 N–H and O–H groups in total. The maximum Gasteiger partial charge on any atom is 0.106 e. The molecule has 180 valence electrons. The van der Waals surface area contributed by atoms with Crippen LogP contribution in [0, 0.1) is 5.92 Å². The lowest BCUT2D eigenvalue weighted by Crippen LogP contribution is -2.31. The molecule has 2 aliphatic rings. The summed E-state index contributed by atoms with van der Waals surface area (Å²) >= 11 is 0. The fraction of sp³-hybridized carbons (Fsp3) is 0.613. The third-order valence-corrected chi connectivity index (χ3v) is 7.91. The average molecular weight is 449 g/mol. The highest BCUT2D eigenvalue weighted by molar-refractivity contribution is 5.64. The fourth-order valence-electron chi connectivity index (χ4n) is 5.64. The predicted octanol–water partition coefficient (Wildman–Crippen LogP) is 8.85. The maximum absolute atomic E-state index is 6.14. The summed E-state index contributed by atoms with van der Waals surface area (Å²) in [6, 6.07) is 18.3. The van der Waals surface area contributed by atoms with Crippen molar-refractivity contribution in [1.29, 1.82) is 0 Å². The van der Waals surface area contributed by atoms with Gasteiger partial charge in [-0.2, -0.15) is 0 Å². The van der Waals surface area contributed by atoms with E-state index in [0.717, 1.165) is 24.9 Å². The molecule has 2 nitrogen and oxygen atoms in total. The van der Waals surface area contributed by atoms with Gasteiger partial charge < -0.3 is 9.47 Å². The molecule has 2 fully saturated rings. The monoisotopic (exact) mass is 448 g/mol. The minimum atomic E-state index is 0.0660. The average Bonchev–Trinajstić information content (AvgIpc) is 2.89. The number of rotatable bonds is 10. The van der Waals surface area contributed by atoms with E-state index < -0.39 is 0 Å². The van der Waals surface area contributed by atoms with Crippen molar-refractivity contribution in [3.8, 4) is 11.1 Å². The largest absolute Gasteiger partial charge is 0.373 e. The van der Waals surface area contributed by atoms with Gasteiger partial charge in [0, 0.05) is 0 Å². The van der Waals surface area contributed by atoms with Gasteiger partial charge in [0.2, 0.25) is 0 Å². The van der Waals surface area contributed by atoms with E-state index >= 15 is 0 Å². The Balaban J connectivity index is 1.27. The van der Waals surface area contributed by atoms with Crippen LogP contribution in [0.3, 0.4) is 0 Å². The summed E-state index contributed by atoms with van der Waals surface area (Å²) < 4.78 is 12.2. The zero-order chi connectivity index (χ0) is 22.9. The van der Waals surface area contributed by atoms with E-state index in [-0.39, 0.29) is 12.2 Å². The van der Waals surface area contributed by atoms with Crippen LogP contribution in [-0.2, 0) is 9.47 Å². The zero-order valence-electron chi connectivity index (χ0n) is 20.9. The standard InChI is InChI=1S/C31H44O2/c1-3-5-7-9-30-22-33-31(23-32-30)29-20-18-28(19-21-29)27-16-14-26(15-17-27)25-12-10-24(11-13-25)8-6-4-2/h14-21,24-25,30-31H,3-13,22-23H2,1-2H3/t24?,25?,30-,31-/m0/s1. The van der Waals surface area contributed by atoms with Crippen molar-refractivity contribution in [2.45, 2.75) is 103 Å². The molecule has 0 radical (unpaired) electrons. The number of hydrogen-bond donors (Lipinski definition) is 0. The second-order valence-electron chi connectivity index (χ2n) is 10.4. The smallest absolute Gasteiger partial charge is 0.106 e. The van der Waals surface area contributed by atoms with Gasteiger partial charge in [-0.05, 0) is 66.2 Å². The van der Waals surface area contributed by atoms with Crippen molar-refractivity contribution in [2.75, 3.05) is 13.2 Å². The molecule has 2 aromatic rings. The first-order chi connectivity index (χ1) is 16.3. The van der Waals surface area contributed by atoms with Gasteiger partial charge in [0.1, 0.15) is 6.10 Å². The molecule has 1 aliphatic heterocycles. The molecule has 0 unspecified atom stereocenters. The molecule has 2 aromatic carbocycles. The second-order valence-corrected chi connectivity index (χ2v) is 10.4. The first-order valence-corrected chi connectivity index (χ1v) is 13.7. The van der Waals surface area contributed by atoms with Gasteiger partial charge in [0.05, 0.1) is 19.3 Å². The highest BCUT2D eigenvalue weighted by Gasteiger charge is 2.24. The van der Waals surface area contributed by atoms with Crippen LogP contribution in [0.5, 0.6) is 0 Å². The minimum absolute atomic E-state index is 0.0660. The molecule has 4 rings (SSSR count). The van der Waals surface area contributed by atoms with Gasteiger partial charge in [0.25, 0.3) is 0 Å². The quantitative estimate of drug-likeness (QED) is 0.338. The van der Waals surface area contributed by atoms with E-state index in [1.165, 1.54) is 86.5 Å². The van der Waals surface area contributed by atoms with Gasteiger partial charge in [-0.25, -0.2) is 0 Å². The SMILES string of the molecule is CCCCC[C@H]1CO[C@H](c2ccc(-c3ccc(C4CCC(CCCC)CC4)cc3)cc2)CO1. The van der Waals surface area contributed by atoms with Crippen molar-refractivity contribution in [3.05, 3.63) is 59.7 Å². The van der Waals surface area contributed by atoms with Gasteiger partial charge in [-0.15, -0.1) is 0 Å². The fourth-order valence-corrected chi connectivity index (χ4v) is 5.64. The molecule has 0 spiro atoms. The molecular weight excluding hydrogens is 404 g/mol. The van der Waals surface area contributed by atoms with Gasteiger partial charge in [-0.1, -0.05) is 101 Å². The summed E-state index contributed by atoms with van der Waals surface area (Å²) in [6.07, 6.45) is 15.0. The Morgan fingerprint density at radius 1 is 0.636 bits per heavy atom. The van der Waals surface area contributed by atoms with Gasteiger partial charge in [-0.3, -0.25) is 0 Å². The molecule has 1 saturated heterocycles. The molecule has 1 heterocycles. The van der Waals surface area contributed by atoms with E-state index in [2.05, 4.69) is 62.4 Å². The normalized spacial score (nSPS) is 25.8. The molecule has 1 saturated carbocycles. The van der Waals surface area contributed by atoms with E-state index in [4.69, 9.17) is 9.47 Å². The molecular formula is C31H44O2. The highest BCUT2D eigenvalue weighted by atomic mass is 16.6. The summed E-state index contributed by atoms with van der Waals surface area (Å²) in [4.78, 5) is 0. The lowest BCUT2D eigenvalue weighted by atomic mass is 9.77. The molecule has 2 heteroatoms. The Labute approximate surface area is 202 Å². The van der Waals surface area contributed by atoms with Crippen molar-refractivity contribution < 1.29 is 9.47 Å². The Bertz CT molecular complexity index is 794. The van der Waals surface area contributed by atoms with Crippen molar-refractivity contribution >= 4 is 0 Å². The summed E-state index contributed by atoms with van der Waals surface area (Å²) in [5.41, 5.74) is 5.34. The number of benzene rings is 2. The van der Waals surface area contributed by atoms with Crippen LogP contribution in [0.1, 0.15) is 108 Å². The van der Waals surface area contributed by atoms with Crippen LogP contribution in [0.15, 0.2) is 48.5 Å². The molecule has 0 bridgehead atoms. The third kappa shape index (κ3) is 6.93. The second kappa shape index (κ2) is 12.7. The topological polar surface area (TPSA) is 18.5 Å². The summed E-state index contributed by atoms with van der Waals surface area (Å²) in [7, 11) is 0. The van der Waals surface area contributed by atoms with Crippen LogP contribution in [0.25, 0.3) is 11.1 Å². The first-order valence-electron chi connectivity index (χ1n) is 13.7. The minimum Gasteiger partial charge on any atom is -0.373 e. The van der Waals surface area contributed by atoms with E-state index in [1.54, 1.807) is 0 Å². The number of ether oxygens (including phenoxy) is 2. The molecule has 0 amide bonds. The summed E-state index contributed by atoms with van der Waals surface area (Å²) in [5.74, 6) is 1.73. The Hall–Kier alpha value is -1.64. The lowest BCUT2D eigenvalue weighted by molar-refractivity contribution is -0.137. The van der Waals surface area contributed by atoms with E-state index in [1.807, 2.05) is 0 Å². The zero-order valence-corrected chi connectivity index (χ0v) is 20.9. The molecule has 1 aliphatic carbocycles. The van der Waals surface area contributed by atoms with Crippen LogP contribution < -0.4 is 0 Å². The van der Waals surface area contributed by atoms with Crippen LogP contribution >= 0.6 is 0 Å². The third-order valence-electron chi connectivity index (χ3n) is 7.91. The van der Waals surface area contributed by atoms with Crippen LogP contribution in [0.4, 0.5) is 0 Å². The van der Waals surface area contributed by atoms with E-state index in [9.17, 15) is 0 Å². The van der Waals surface area contributed by atoms with Gasteiger partial charge in [0.15, 0.2) is 0 Å². The predicted molar refractivity (Wildman–Crippen MR) is 139 cm³/mol. The summed E-state index contributed by atoms with van der Waals surface area (Å²) in [5, 5.41) is 0. The molecule has 33 heavy (non-hydrogen) atoms. The maximum atomic E-state index is 6.14. The number of unbranched alkanes of at least 4 members (excludes halogenated alkanes) is 3. The van der Waals surface area contributed by atoms with Crippen LogP contribution in [0.2, 0.25) is 0 Å². The molecule has 2 atom stereocenters. The van der Waals surface area contributed by atoms with Gasteiger partial charge >= 0.3 is 0 Å². The first kappa shape index (κ1) is 24.5. The van der Waals surface area contributed by atoms with Crippen molar-refractivity contribution in [3.63, 3.8) is 0 Å². The summed E-state index contributed by atoms with van der Waals surface area (Å²) in [6.45, 7) is 5.94. The Morgan fingerprint density at radius 3 is 1.85 bits per heavy atom. The Kier molecular flexibility index (Phi) is 9.44. The number of hydrogen-bond acceptors (Lipinski definition) is 2. The highest BCUT2D eigenvalue weighted by Crippen LogP contribution is 2.38. The Morgan fingerprint density at radius 2 is 1.27 bits per heavy atom. The van der Waals surface area contributed by atoms with E-state index in [0.29, 0.717) is 6.61 Å². The van der Waals surface area contributed by atoms with Crippen molar-refractivity contribution in [2.24, 2.45) is 5.92 Å².